The molecule has 6 heteroatoms. The van der Waals surface area contributed by atoms with Gasteiger partial charge in [-0.3, -0.25) is 4.90 Å². The normalized spacial score (nSPS) is 27.1. The van der Waals surface area contributed by atoms with Crippen LogP contribution in [0.15, 0.2) is 42.1 Å². The second kappa shape index (κ2) is 8.13. The van der Waals surface area contributed by atoms with Gasteiger partial charge in [0.2, 0.25) is 5.88 Å². The van der Waals surface area contributed by atoms with Gasteiger partial charge in [-0.1, -0.05) is 42.0 Å². The van der Waals surface area contributed by atoms with Gasteiger partial charge in [0.15, 0.2) is 0 Å². The number of hydrogen-bond donors (Lipinski definition) is 1. The van der Waals surface area contributed by atoms with Crippen LogP contribution in [-0.2, 0) is 5.60 Å². The molecule has 2 aliphatic rings. The summed E-state index contributed by atoms with van der Waals surface area (Å²) in [5, 5.41) is 11.7. The first-order valence-electron chi connectivity index (χ1n) is 10.2. The zero-order valence-corrected chi connectivity index (χ0v) is 17.3. The lowest BCUT2D eigenvalue weighted by atomic mass is 9.83. The van der Waals surface area contributed by atoms with Gasteiger partial charge in [0.05, 0.1) is 19.8 Å². The van der Waals surface area contributed by atoms with Crippen LogP contribution in [0.5, 0.6) is 11.9 Å². The van der Waals surface area contributed by atoms with Crippen molar-refractivity contribution in [1.82, 2.24) is 14.9 Å². The van der Waals surface area contributed by atoms with Crippen LogP contribution < -0.4 is 9.47 Å². The number of ether oxygens (including phenoxy) is 2. The number of methoxy groups -OCH3 is 2. The summed E-state index contributed by atoms with van der Waals surface area (Å²) in [6, 6.07) is 10.6. The van der Waals surface area contributed by atoms with Crippen LogP contribution in [0.4, 0.5) is 0 Å². The van der Waals surface area contributed by atoms with Gasteiger partial charge >= 0.3 is 6.01 Å². The van der Waals surface area contributed by atoms with Crippen LogP contribution in [0.2, 0.25) is 0 Å². The summed E-state index contributed by atoms with van der Waals surface area (Å²) in [6.07, 6.45) is 5.60. The zero-order valence-electron chi connectivity index (χ0n) is 17.3. The Hall–Kier alpha value is -2.44. The lowest BCUT2D eigenvalue weighted by Gasteiger charge is -2.31. The Bertz CT molecular complexity index is 886. The molecule has 1 aromatic carbocycles. The Morgan fingerprint density at radius 1 is 1.24 bits per heavy atom. The minimum absolute atomic E-state index is 0.151. The maximum absolute atomic E-state index is 11.7. The predicted octanol–water partition coefficient (Wildman–Crippen LogP) is 3.13. The molecule has 2 aromatic rings. The molecule has 0 bridgehead atoms. The van der Waals surface area contributed by atoms with Gasteiger partial charge in [-0.2, -0.15) is 4.98 Å². The molecule has 2 fully saturated rings. The van der Waals surface area contributed by atoms with E-state index in [0.29, 0.717) is 23.8 Å². The van der Waals surface area contributed by atoms with E-state index < -0.39 is 5.60 Å². The third-order valence-corrected chi connectivity index (χ3v) is 6.29. The number of aliphatic hydroxyl groups is 1. The minimum Gasteiger partial charge on any atom is -0.481 e. The fraction of sp³-hybridized carbons (Fsp3) is 0.478. The Kier molecular flexibility index (Phi) is 5.56. The topological polar surface area (TPSA) is 67.7 Å². The average molecular weight is 396 g/mol. The Balaban J connectivity index is 1.51. The highest BCUT2D eigenvalue weighted by Crippen LogP contribution is 2.52. The second-order valence-corrected chi connectivity index (χ2v) is 8.20. The molecule has 2 heterocycles. The minimum atomic E-state index is -0.964. The fourth-order valence-electron chi connectivity index (χ4n) is 4.98. The van der Waals surface area contributed by atoms with Crippen molar-refractivity contribution in [1.29, 1.82) is 0 Å². The van der Waals surface area contributed by atoms with Gasteiger partial charge in [0.25, 0.3) is 0 Å². The molecule has 1 aromatic heterocycles. The predicted molar refractivity (Wildman–Crippen MR) is 112 cm³/mol. The summed E-state index contributed by atoms with van der Waals surface area (Å²) in [6.45, 7) is 4.95. The number of fused-ring (bicyclic) bond motifs is 1. The summed E-state index contributed by atoms with van der Waals surface area (Å²) >= 11 is 0. The summed E-state index contributed by atoms with van der Waals surface area (Å²) in [4.78, 5) is 11.0. The summed E-state index contributed by atoms with van der Waals surface area (Å²) in [5.74, 6) is 1.02. The van der Waals surface area contributed by atoms with Crippen molar-refractivity contribution in [3.05, 3.63) is 53.2 Å². The molecule has 1 saturated carbocycles. The summed E-state index contributed by atoms with van der Waals surface area (Å²) in [7, 11) is 3.09. The summed E-state index contributed by atoms with van der Waals surface area (Å²) in [5.41, 5.74) is 2.26. The second-order valence-electron chi connectivity index (χ2n) is 8.20. The molecule has 0 spiro atoms. The molecular weight excluding hydrogens is 366 g/mol. The number of aromatic nitrogens is 2. The number of benzene rings is 1. The molecule has 4 rings (SSSR count). The lowest BCUT2D eigenvalue weighted by Crippen LogP contribution is -2.35. The molecule has 0 amide bonds. The SMILES string of the molecule is COc1ncc([C@@]2(O)CC[C@@H]3CN(C/C(C)=C/c4ccccc4)C[C@@H]32)c(OC)n1. The van der Waals surface area contributed by atoms with Gasteiger partial charge in [-0.05, 0) is 31.2 Å². The molecule has 3 atom stereocenters. The fourth-order valence-corrected chi connectivity index (χ4v) is 4.98. The lowest BCUT2D eigenvalue weighted by molar-refractivity contribution is -0.00908. The largest absolute Gasteiger partial charge is 0.481 e. The first-order chi connectivity index (χ1) is 14.0. The van der Waals surface area contributed by atoms with E-state index in [1.54, 1.807) is 13.3 Å². The van der Waals surface area contributed by atoms with E-state index in [2.05, 4.69) is 52.1 Å². The smallest absolute Gasteiger partial charge is 0.319 e. The van der Waals surface area contributed by atoms with Gasteiger partial charge in [-0.25, -0.2) is 4.98 Å². The van der Waals surface area contributed by atoms with Crippen LogP contribution in [0.3, 0.4) is 0 Å². The van der Waals surface area contributed by atoms with E-state index in [9.17, 15) is 5.11 Å². The Morgan fingerprint density at radius 2 is 2.03 bits per heavy atom. The Labute approximate surface area is 172 Å². The maximum Gasteiger partial charge on any atom is 0.319 e. The van der Waals surface area contributed by atoms with Crippen molar-refractivity contribution in [2.24, 2.45) is 11.8 Å². The van der Waals surface area contributed by atoms with Gasteiger partial charge < -0.3 is 14.6 Å². The van der Waals surface area contributed by atoms with Gasteiger partial charge in [-0.15, -0.1) is 0 Å². The van der Waals surface area contributed by atoms with E-state index in [0.717, 1.165) is 26.1 Å². The van der Waals surface area contributed by atoms with E-state index in [1.807, 2.05) is 6.07 Å². The Morgan fingerprint density at radius 3 is 2.76 bits per heavy atom. The van der Waals surface area contributed by atoms with Crippen LogP contribution in [-0.4, -0.2) is 53.8 Å². The molecule has 1 N–H and O–H groups in total. The van der Waals surface area contributed by atoms with Crippen molar-refractivity contribution in [3.8, 4) is 11.9 Å². The monoisotopic (exact) mass is 395 g/mol. The maximum atomic E-state index is 11.7. The van der Waals surface area contributed by atoms with Crippen molar-refractivity contribution in [3.63, 3.8) is 0 Å². The van der Waals surface area contributed by atoms with Crippen molar-refractivity contribution >= 4 is 6.08 Å². The number of likely N-dealkylation sites (tertiary alicyclic amines) is 1. The molecular formula is C23H29N3O3. The van der Waals surface area contributed by atoms with Crippen LogP contribution >= 0.6 is 0 Å². The number of nitrogens with zero attached hydrogens (tertiary/aromatic N) is 3. The number of rotatable bonds is 6. The van der Waals surface area contributed by atoms with Crippen LogP contribution in [0.25, 0.3) is 6.08 Å². The van der Waals surface area contributed by atoms with Crippen molar-refractivity contribution in [2.75, 3.05) is 33.9 Å². The quantitative estimate of drug-likeness (QED) is 0.811. The highest BCUT2D eigenvalue weighted by Gasteiger charge is 2.53. The van der Waals surface area contributed by atoms with Crippen molar-refractivity contribution in [2.45, 2.75) is 25.4 Å². The number of hydrogen-bond acceptors (Lipinski definition) is 6. The third kappa shape index (κ3) is 3.87. The molecule has 1 saturated heterocycles. The molecule has 0 unspecified atom stereocenters. The molecule has 154 valence electrons. The van der Waals surface area contributed by atoms with Crippen molar-refractivity contribution < 1.29 is 14.6 Å². The molecule has 1 aliphatic heterocycles. The standard InChI is InChI=1S/C23H29N3O3/c1-16(11-17-7-5-4-6-8-17)13-26-14-18-9-10-23(27,20(18)15-26)19-12-24-22(29-3)25-21(19)28-2/h4-8,11-12,18,20,27H,9-10,13-15H2,1-3H3/b16-11+/t18-,20+,23+/m1/s1. The van der Waals surface area contributed by atoms with E-state index in [4.69, 9.17) is 9.47 Å². The first kappa shape index (κ1) is 19.9. The van der Waals surface area contributed by atoms with Crippen LogP contribution in [0, 0.1) is 11.8 Å². The molecule has 6 nitrogen and oxygen atoms in total. The summed E-state index contributed by atoms with van der Waals surface area (Å²) < 4.78 is 10.6. The molecule has 1 aliphatic carbocycles. The molecule has 0 radical (unpaired) electrons. The van der Waals surface area contributed by atoms with E-state index >= 15 is 0 Å². The van der Waals surface area contributed by atoms with Crippen LogP contribution in [0.1, 0.15) is 30.9 Å². The van der Waals surface area contributed by atoms with E-state index in [1.165, 1.54) is 18.2 Å². The highest BCUT2D eigenvalue weighted by molar-refractivity contribution is 5.52. The average Bonchev–Trinajstić information content (AvgIpc) is 3.28. The first-order valence-corrected chi connectivity index (χ1v) is 10.2. The van der Waals surface area contributed by atoms with E-state index in [-0.39, 0.29) is 11.9 Å². The van der Waals surface area contributed by atoms with Gasteiger partial charge in [0, 0.05) is 31.7 Å². The van der Waals surface area contributed by atoms with Gasteiger partial charge in [0.1, 0.15) is 5.60 Å². The zero-order chi connectivity index (χ0) is 20.4. The third-order valence-electron chi connectivity index (χ3n) is 6.29. The highest BCUT2D eigenvalue weighted by atomic mass is 16.5. The molecule has 29 heavy (non-hydrogen) atoms.